The molecule has 61 heavy (non-hydrogen) atoms. The number of carbonyl (C=O) groups excluding carboxylic acids is 5. The third kappa shape index (κ3) is 17.5. The fourth-order valence-corrected chi connectivity index (χ4v) is 5.27. The van der Waals surface area contributed by atoms with Crippen LogP contribution in [0.5, 0.6) is 0 Å². The molecule has 0 radical (unpaired) electrons. The Kier molecular flexibility index (Phi) is 20.7. The Bertz CT molecular complexity index is 2200. The van der Waals surface area contributed by atoms with Gasteiger partial charge in [-0.05, 0) is 56.2 Å². The van der Waals surface area contributed by atoms with Gasteiger partial charge in [-0.1, -0.05) is 87.2 Å². The number of benzene rings is 3. The topological polar surface area (TPSA) is 250 Å². The van der Waals surface area contributed by atoms with E-state index in [0.29, 0.717) is 10.9 Å². The average molecular weight is 843 g/mol. The van der Waals surface area contributed by atoms with E-state index in [1.54, 1.807) is 71.3 Å². The second-order valence-corrected chi connectivity index (χ2v) is 14.9. The van der Waals surface area contributed by atoms with Crippen LogP contribution in [0, 0.1) is 5.92 Å². The van der Waals surface area contributed by atoms with E-state index in [1.165, 1.54) is 21.1 Å². The average Bonchev–Trinajstić information content (AvgIpc) is 3.85. The quantitative estimate of drug-likeness (QED) is 0.0391. The standard InChI is InChI=1S/C20H27N3O5.C9H14O3.C8H8BNO2.C6H7BO2/c1-12(22-19(26)28-20(2,3)4)17(24)23-16(18(25)27-5)10-13-11-21-15-9-7-6-8-14(13)15;1-6(2)8(10)5-7(3)9(11)12-4;11-9(12)7-5-10-8-4-2-1-3-6(7)8;8-7(9)6-4-2-1-3-5-6/h6-9,11-12,16,21H,10H2,1-5H3,(H,22,26)(H,23,24);6H,3,5H2,1-2,4H3;1-5,10-12H;1-5,8-9H/t12?,16-;;;/m0.../s1. The zero-order valence-corrected chi connectivity index (χ0v) is 35.7. The molecule has 8 N–H and O–H groups in total. The summed E-state index contributed by atoms with van der Waals surface area (Å²) in [6, 6.07) is 22.1. The van der Waals surface area contributed by atoms with Gasteiger partial charge in [0.15, 0.2) is 0 Å². The van der Waals surface area contributed by atoms with Gasteiger partial charge in [-0.25, -0.2) is 14.4 Å². The number of alkyl carbamates (subject to hydrolysis) is 1. The van der Waals surface area contributed by atoms with E-state index in [-0.39, 0.29) is 30.1 Å². The molecule has 0 aliphatic heterocycles. The highest BCUT2D eigenvalue weighted by molar-refractivity contribution is 6.62. The Morgan fingerprint density at radius 1 is 0.738 bits per heavy atom. The summed E-state index contributed by atoms with van der Waals surface area (Å²) < 4.78 is 14.4. The summed E-state index contributed by atoms with van der Waals surface area (Å²) >= 11 is 0. The van der Waals surface area contributed by atoms with Crippen LogP contribution in [0.2, 0.25) is 0 Å². The van der Waals surface area contributed by atoms with Gasteiger partial charge in [0, 0.05) is 58.6 Å². The van der Waals surface area contributed by atoms with Crippen LogP contribution in [0.1, 0.15) is 53.5 Å². The molecule has 16 nitrogen and oxygen atoms in total. The third-order valence-electron chi connectivity index (χ3n) is 8.53. The number of hydrogen-bond acceptors (Lipinski definition) is 12. The number of hydrogen-bond donors (Lipinski definition) is 8. The van der Waals surface area contributed by atoms with E-state index in [0.717, 1.165) is 27.4 Å². The predicted molar refractivity (Wildman–Crippen MR) is 235 cm³/mol. The van der Waals surface area contributed by atoms with E-state index in [1.807, 2.05) is 54.6 Å². The van der Waals surface area contributed by atoms with Gasteiger partial charge in [-0.15, -0.1) is 0 Å². The number of ether oxygens (including phenoxy) is 3. The number of rotatable bonds is 12. The molecule has 2 amide bonds. The summed E-state index contributed by atoms with van der Waals surface area (Å²) in [4.78, 5) is 64.5. The molecule has 0 spiro atoms. The number of fused-ring (bicyclic) bond motifs is 2. The molecule has 0 saturated carbocycles. The number of amides is 2. The summed E-state index contributed by atoms with van der Waals surface area (Å²) in [5.74, 6) is -1.65. The van der Waals surface area contributed by atoms with E-state index in [2.05, 4.69) is 31.9 Å². The summed E-state index contributed by atoms with van der Waals surface area (Å²) in [5, 5.41) is 42.0. The van der Waals surface area contributed by atoms with Crippen LogP contribution in [-0.2, 0) is 39.8 Å². The Morgan fingerprint density at radius 3 is 1.79 bits per heavy atom. The van der Waals surface area contributed by atoms with Crippen molar-refractivity contribution in [2.75, 3.05) is 14.2 Å². The molecule has 0 saturated heterocycles. The summed E-state index contributed by atoms with van der Waals surface area (Å²) in [5.41, 5.74) is 3.32. The molecule has 5 rings (SSSR count). The van der Waals surface area contributed by atoms with E-state index >= 15 is 0 Å². The van der Waals surface area contributed by atoms with Gasteiger partial charge in [-0.2, -0.15) is 0 Å². The van der Waals surface area contributed by atoms with Crippen LogP contribution in [0.15, 0.2) is 103 Å². The first-order valence-electron chi connectivity index (χ1n) is 19.2. The number of Topliss-reactive ketones (excluding diaryl/α,β-unsaturated/α-hetero) is 1. The SMILES string of the molecule is C=C(CC(=O)C(C)C)C(=O)OC.COC(=O)[C@H](Cc1c[nH]c2ccccc12)NC(=O)C(C)NC(=O)OC(C)(C)C.OB(O)c1c[nH]c2ccccc12.OB(O)c1ccccc1. The molecule has 2 heterocycles. The van der Waals surface area contributed by atoms with Gasteiger partial charge in [0.25, 0.3) is 0 Å². The van der Waals surface area contributed by atoms with Crippen molar-refractivity contribution in [3.05, 3.63) is 109 Å². The third-order valence-corrected chi connectivity index (χ3v) is 8.53. The zero-order valence-electron chi connectivity index (χ0n) is 35.7. The number of esters is 2. The van der Waals surface area contributed by atoms with Gasteiger partial charge in [0.05, 0.1) is 14.2 Å². The highest BCUT2D eigenvalue weighted by Crippen LogP contribution is 2.19. The minimum absolute atomic E-state index is 0.00500. The number of nitrogens with one attached hydrogen (secondary N) is 4. The molecule has 0 aliphatic carbocycles. The van der Waals surface area contributed by atoms with Gasteiger partial charge in [0.1, 0.15) is 23.5 Å². The van der Waals surface area contributed by atoms with Gasteiger partial charge in [0.2, 0.25) is 5.91 Å². The molecule has 0 bridgehead atoms. The second-order valence-electron chi connectivity index (χ2n) is 14.9. The molecule has 0 fully saturated rings. The second kappa shape index (κ2) is 24.8. The first-order valence-corrected chi connectivity index (χ1v) is 19.2. The van der Waals surface area contributed by atoms with Crippen LogP contribution in [-0.4, -0.2) is 106 Å². The lowest BCUT2D eigenvalue weighted by molar-refractivity contribution is -0.145. The van der Waals surface area contributed by atoms with Crippen molar-refractivity contribution in [3.8, 4) is 0 Å². The van der Waals surface area contributed by atoms with Crippen LogP contribution in [0.25, 0.3) is 21.8 Å². The van der Waals surface area contributed by atoms with Crippen molar-refractivity contribution < 1.29 is 58.3 Å². The number of H-pyrrole nitrogens is 2. The van der Waals surface area contributed by atoms with Gasteiger partial charge < -0.3 is 54.9 Å². The molecule has 2 atom stereocenters. The number of para-hydroxylation sites is 2. The van der Waals surface area contributed by atoms with E-state index in [9.17, 15) is 24.0 Å². The lowest BCUT2D eigenvalue weighted by Crippen LogP contribution is -2.51. The maximum Gasteiger partial charge on any atom is 0.490 e. The highest BCUT2D eigenvalue weighted by Gasteiger charge is 2.27. The summed E-state index contributed by atoms with van der Waals surface area (Å²) in [6.07, 6.45) is 3.04. The van der Waals surface area contributed by atoms with Crippen LogP contribution in [0.3, 0.4) is 0 Å². The lowest BCUT2D eigenvalue weighted by Gasteiger charge is -2.23. The monoisotopic (exact) mass is 842 g/mol. The van der Waals surface area contributed by atoms with Crippen molar-refractivity contribution in [1.29, 1.82) is 0 Å². The number of aromatic nitrogens is 2. The maximum absolute atomic E-state index is 12.5. The Labute approximate surface area is 356 Å². The number of methoxy groups -OCH3 is 2. The number of aromatic amines is 2. The molecule has 5 aromatic rings. The van der Waals surface area contributed by atoms with E-state index < -0.39 is 55.9 Å². The normalized spacial score (nSPS) is 11.5. The van der Waals surface area contributed by atoms with Crippen molar-refractivity contribution >= 4 is 76.7 Å². The fraction of sp³-hybridized carbons (Fsp3) is 0.326. The molecule has 2 aromatic heterocycles. The zero-order chi connectivity index (χ0) is 45.9. The Hall–Kier alpha value is -6.20. The molecule has 3 aromatic carbocycles. The van der Waals surface area contributed by atoms with Gasteiger partial charge >= 0.3 is 32.3 Å². The molecule has 1 unspecified atom stereocenters. The Morgan fingerprint density at radius 2 is 1.28 bits per heavy atom. The van der Waals surface area contributed by atoms with Crippen molar-refractivity contribution in [1.82, 2.24) is 20.6 Å². The highest BCUT2D eigenvalue weighted by atomic mass is 16.6. The predicted octanol–water partition coefficient (Wildman–Crippen LogP) is 2.83. The number of carbonyl (C=O) groups is 5. The van der Waals surface area contributed by atoms with Crippen LogP contribution < -0.4 is 21.6 Å². The van der Waals surface area contributed by atoms with Crippen molar-refractivity contribution in [3.63, 3.8) is 0 Å². The largest absolute Gasteiger partial charge is 0.490 e. The minimum atomic E-state index is -1.40. The van der Waals surface area contributed by atoms with Crippen LogP contribution in [0.4, 0.5) is 4.79 Å². The summed E-state index contributed by atoms with van der Waals surface area (Å²) in [6.45, 7) is 13.7. The molecule has 0 aliphatic rings. The minimum Gasteiger partial charge on any atom is -0.467 e. The van der Waals surface area contributed by atoms with Crippen LogP contribution >= 0.6 is 0 Å². The molecule has 326 valence electrons. The fourth-order valence-electron chi connectivity index (χ4n) is 5.27. The summed E-state index contributed by atoms with van der Waals surface area (Å²) in [7, 11) is -0.209. The first-order chi connectivity index (χ1) is 28.7. The first kappa shape index (κ1) is 50.9. The molecule has 18 heteroatoms. The molecular formula is C43H56B2N4O12. The van der Waals surface area contributed by atoms with E-state index in [4.69, 9.17) is 29.6 Å². The van der Waals surface area contributed by atoms with Crippen molar-refractivity contribution in [2.24, 2.45) is 5.92 Å². The lowest BCUT2D eigenvalue weighted by atomic mass is 9.80. The smallest absolute Gasteiger partial charge is 0.467 e. The van der Waals surface area contributed by atoms with Gasteiger partial charge in [-0.3, -0.25) is 9.59 Å². The molecular weight excluding hydrogens is 786 g/mol. The Balaban J connectivity index is 0.000000319. The van der Waals surface area contributed by atoms with Crippen molar-refractivity contribution in [2.45, 2.75) is 72.1 Å². The number of ketones is 1. The maximum atomic E-state index is 12.5.